The highest BCUT2D eigenvalue weighted by atomic mass is 16.2. The summed E-state index contributed by atoms with van der Waals surface area (Å²) >= 11 is 0. The Morgan fingerprint density at radius 1 is 1.04 bits per heavy atom. The van der Waals surface area contributed by atoms with Crippen LogP contribution < -0.4 is 10.6 Å². The van der Waals surface area contributed by atoms with E-state index in [4.69, 9.17) is 0 Å². The second-order valence-electron chi connectivity index (χ2n) is 5.37. The van der Waals surface area contributed by atoms with Gasteiger partial charge in [-0.1, -0.05) is 12.1 Å². The van der Waals surface area contributed by atoms with Gasteiger partial charge in [0.15, 0.2) is 0 Å². The summed E-state index contributed by atoms with van der Waals surface area (Å²) in [6.07, 6.45) is 0. The fourth-order valence-corrected chi connectivity index (χ4v) is 2.52. The standard InChI is InChI=1S/C16H22N4O3/c1-12(21)19-7-9-20(10-8-19)15(22)11-18-14-6-4-3-5-13(14)16(23)17-2/h3-6,18H,7-11H2,1-2H3,(H,17,23). The molecule has 0 aliphatic carbocycles. The van der Waals surface area contributed by atoms with E-state index >= 15 is 0 Å². The summed E-state index contributed by atoms with van der Waals surface area (Å²) in [6, 6.07) is 7.06. The second-order valence-corrected chi connectivity index (χ2v) is 5.37. The fourth-order valence-electron chi connectivity index (χ4n) is 2.52. The van der Waals surface area contributed by atoms with Crippen molar-refractivity contribution in [1.29, 1.82) is 0 Å². The van der Waals surface area contributed by atoms with E-state index in [0.29, 0.717) is 37.4 Å². The first-order valence-electron chi connectivity index (χ1n) is 7.61. The highest BCUT2D eigenvalue weighted by Crippen LogP contribution is 2.14. The molecule has 124 valence electrons. The van der Waals surface area contributed by atoms with Gasteiger partial charge < -0.3 is 20.4 Å². The highest BCUT2D eigenvalue weighted by Gasteiger charge is 2.22. The topological polar surface area (TPSA) is 81.8 Å². The SMILES string of the molecule is CNC(=O)c1ccccc1NCC(=O)N1CCN(C(C)=O)CC1. The molecule has 7 heteroatoms. The van der Waals surface area contributed by atoms with Crippen molar-refractivity contribution in [3.05, 3.63) is 29.8 Å². The first-order valence-corrected chi connectivity index (χ1v) is 7.61. The summed E-state index contributed by atoms with van der Waals surface area (Å²) in [5.74, 6) is -0.203. The summed E-state index contributed by atoms with van der Waals surface area (Å²) in [5.41, 5.74) is 1.13. The van der Waals surface area contributed by atoms with E-state index in [1.54, 1.807) is 35.0 Å². The number of carbonyl (C=O) groups is 3. The molecule has 0 radical (unpaired) electrons. The van der Waals surface area contributed by atoms with Crippen molar-refractivity contribution < 1.29 is 14.4 Å². The third-order valence-corrected chi connectivity index (χ3v) is 3.91. The van der Waals surface area contributed by atoms with Crippen LogP contribution in [0.5, 0.6) is 0 Å². The minimum absolute atomic E-state index is 0.0368. The lowest BCUT2D eigenvalue weighted by atomic mass is 10.1. The Morgan fingerprint density at radius 3 is 2.26 bits per heavy atom. The molecule has 0 aromatic heterocycles. The number of carbonyl (C=O) groups excluding carboxylic acids is 3. The lowest BCUT2D eigenvalue weighted by Crippen LogP contribution is -2.51. The van der Waals surface area contributed by atoms with Crippen molar-refractivity contribution in [3.63, 3.8) is 0 Å². The van der Waals surface area contributed by atoms with Crippen LogP contribution in [-0.4, -0.2) is 67.3 Å². The average molecular weight is 318 g/mol. The number of piperazine rings is 1. The van der Waals surface area contributed by atoms with Gasteiger partial charge >= 0.3 is 0 Å². The number of para-hydroxylation sites is 1. The maximum Gasteiger partial charge on any atom is 0.253 e. The minimum Gasteiger partial charge on any atom is -0.376 e. The van der Waals surface area contributed by atoms with Crippen LogP contribution in [0.3, 0.4) is 0 Å². The van der Waals surface area contributed by atoms with Gasteiger partial charge in [-0.25, -0.2) is 0 Å². The van der Waals surface area contributed by atoms with E-state index in [-0.39, 0.29) is 24.3 Å². The number of hydrogen-bond donors (Lipinski definition) is 2. The normalized spacial score (nSPS) is 14.3. The number of nitrogens with one attached hydrogen (secondary N) is 2. The number of nitrogens with zero attached hydrogens (tertiary/aromatic N) is 2. The van der Waals surface area contributed by atoms with Crippen LogP contribution in [0.15, 0.2) is 24.3 Å². The Labute approximate surface area is 135 Å². The van der Waals surface area contributed by atoms with Gasteiger partial charge in [0.1, 0.15) is 0 Å². The van der Waals surface area contributed by atoms with Gasteiger partial charge in [0.2, 0.25) is 11.8 Å². The maximum absolute atomic E-state index is 12.3. The van der Waals surface area contributed by atoms with Crippen LogP contribution in [0, 0.1) is 0 Å². The van der Waals surface area contributed by atoms with Crippen molar-refractivity contribution in [2.75, 3.05) is 45.1 Å². The van der Waals surface area contributed by atoms with Crippen LogP contribution in [0.2, 0.25) is 0 Å². The molecular weight excluding hydrogens is 296 g/mol. The van der Waals surface area contributed by atoms with Crippen molar-refractivity contribution in [2.24, 2.45) is 0 Å². The first kappa shape index (κ1) is 16.8. The van der Waals surface area contributed by atoms with E-state index in [1.807, 2.05) is 6.07 Å². The molecule has 2 N–H and O–H groups in total. The van der Waals surface area contributed by atoms with E-state index in [2.05, 4.69) is 10.6 Å². The molecule has 1 fully saturated rings. The summed E-state index contributed by atoms with van der Waals surface area (Å²) in [5, 5.41) is 5.60. The van der Waals surface area contributed by atoms with E-state index in [1.165, 1.54) is 6.92 Å². The van der Waals surface area contributed by atoms with Gasteiger partial charge in [0.05, 0.1) is 12.1 Å². The maximum atomic E-state index is 12.3. The quantitative estimate of drug-likeness (QED) is 0.828. The zero-order valence-corrected chi connectivity index (χ0v) is 13.5. The zero-order chi connectivity index (χ0) is 16.8. The van der Waals surface area contributed by atoms with Crippen LogP contribution in [0.1, 0.15) is 17.3 Å². The number of anilines is 1. The van der Waals surface area contributed by atoms with Gasteiger partial charge in [0.25, 0.3) is 5.91 Å². The van der Waals surface area contributed by atoms with Gasteiger partial charge in [-0.05, 0) is 12.1 Å². The lowest BCUT2D eigenvalue weighted by molar-refractivity contribution is -0.137. The monoisotopic (exact) mass is 318 g/mol. The Kier molecular flexibility index (Phi) is 5.56. The van der Waals surface area contributed by atoms with Crippen LogP contribution in [0.4, 0.5) is 5.69 Å². The highest BCUT2D eigenvalue weighted by molar-refractivity contribution is 5.99. The number of amides is 3. The largest absolute Gasteiger partial charge is 0.376 e. The molecule has 0 spiro atoms. The van der Waals surface area contributed by atoms with Gasteiger partial charge in [-0.15, -0.1) is 0 Å². The average Bonchev–Trinajstić information content (AvgIpc) is 2.59. The molecule has 0 saturated carbocycles. The Hall–Kier alpha value is -2.57. The number of benzene rings is 1. The molecule has 1 aliphatic rings. The van der Waals surface area contributed by atoms with E-state index in [0.717, 1.165) is 0 Å². The Bertz CT molecular complexity index is 595. The molecule has 1 saturated heterocycles. The predicted octanol–water partition coefficient (Wildman–Crippen LogP) is 0.149. The summed E-state index contributed by atoms with van der Waals surface area (Å²) in [4.78, 5) is 38.8. The van der Waals surface area contributed by atoms with E-state index in [9.17, 15) is 14.4 Å². The van der Waals surface area contributed by atoms with E-state index < -0.39 is 0 Å². The lowest BCUT2D eigenvalue weighted by Gasteiger charge is -2.34. The molecule has 1 heterocycles. The molecule has 1 aliphatic heterocycles. The predicted molar refractivity (Wildman–Crippen MR) is 87.2 cm³/mol. The van der Waals surface area contributed by atoms with Crippen molar-refractivity contribution >= 4 is 23.4 Å². The number of rotatable bonds is 4. The van der Waals surface area contributed by atoms with Crippen LogP contribution in [0.25, 0.3) is 0 Å². The summed E-state index contributed by atoms with van der Waals surface area (Å²) < 4.78 is 0. The van der Waals surface area contributed by atoms with Gasteiger partial charge in [-0.2, -0.15) is 0 Å². The molecule has 7 nitrogen and oxygen atoms in total. The Balaban J connectivity index is 1.91. The Morgan fingerprint density at radius 2 is 1.65 bits per heavy atom. The molecular formula is C16H22N4O3. The molecule has 2 rings (SSSR count). The van der Waals surface area contributed by atoms with Crippen LogP contribution in [-0.2, 0) is 9.59 Å². The molecule has 1 aromatic carbocycles. The van der Waals surface area contributed by atoms with Crippen molar-refractivity contribution in [2.45, 2.75) is 6.92 Å². The first-order chi connectivity index (χ1) is 11.0. The molecule has 0 atom stereocenters. The zero-order valence-electron chi connectivity index (χ0n) is 13.5. The molecule has 0 unspecified atom stereocenters. The van der Waals surface area contributed by atoms with Gasteiger partial charge in [-0.3, -0.25) is 14.4 Å². The summed E-state index contributed by atoms with van der Waals surface area (Å²) in [7, 11) is 1.57. The smallest absolute Gasteiger partial charge is 0.253 e. The third-order valence-electron chi connectivity index (χ3n) is 3.91. The minimum atomic E-state index is -0.198. The van der Waals surface area contributed by atoms with Crippen LogP contribution >= 0.6 is 0 Å². The second kappa shape index (κ2) is 7.62. The molecule has 0 bridgehead atoms. The number of hydrogen-bond acceptors (Lipinski definition) is 4. The summed E-state index contributed by atoms with van der Waals surface area (Å²) in [6.45, 7) is 3.86. The molecule has 1 aromatic rings. The van der Waals surface area contributed by atoms with Crippen molar-refractivity contribution in [1.82, 2.24) is 15.1 Å². The van der Waals surface area contributed by atoms with Crippen molar-refractivity contribution in [3.8, 4) is 0 Å². The third kappa shape index (κ3) is 4.21. The fraction of sp³-hybridized carbons (Fsp3) is 0.438. The molecule has 23 heavy (non-hydrogen) atoms. The van der Waals surface area contributed by atoms with Gasteiger partial charge in [0, 0.05) is 45.8 Å². The molecule has 3 amide bonds.